The SMILES string of the molecule is O=C1CCC(N2C(=O)c3c(F)cc(F)c(N4CC5CC(C4)N5)c3C2=O)C(=O)N1. The van der Waals surface area contributed by atoms with Gasteiger partial charge in [0.15, 0.2) is 0 Å². The second-order valence-electron chi connectivity index (χ2n) is 7.59. The highest BCUT2D eigenvalue weighted by molar-refractivity contribution is 6.25. The molecule has 8 nitrogen and oxygen atoms in total. The van der Waals surface area contributed by atoms with E-state index in [9.17, 15) is 28.0 Å². The van der Waals surface area contributed by atoms with Crippen LogP contribution in [0.4, 0.5) is 14.5 Å². The van der Waals surface area contributed by atoms with Crippen LogP contribution in [0.3, 0.4) is 0 Å². The lowest BCUT2D eigenvalue weighted by atomic mass is 9.90. The smallest absolute Gasteiger partial charge is 0.265 e. The molecule has 1 aromatic rings. The van der Waals surface area contributed by atoms with Crippen molar-refractivity contribution in [3.8, 4) is 0 Å². The van der Waals surface area contributed by atoms with Gasteiger partial charge in [-0.3, -0.25) is 29.4 Å². The fourth-order valence-corrected chi connectivity index (χ4v) is 4.58. The van der Waals surface area contributed by atoms with Gasteiger partial charge in [0.1, 0.15) is 17.7 Å². The molecule has 4 amide bonds. The molecule has 0 aliphatic carbocycles. The van der Waals surface area contributed by atoms with Gasteiger partial charge in [-0.2, -0.15) is 0 Å². The van der Waals surface area contributed by atoms with E-state index in [0.717, 1.165) is 6.42 Å². The van der Waals surface area contributed by atoms with Crippen molar-refractivity contribution in [2.24, 2.45) is 0 Å². The van der Waals surface area contributed by atoms with Crippen LogP contribution in [-0.4, -0.2) is 59.7 Å². The summed E-state index contributed by atoms with van der Waals surface area (Å²) in [7, 11) is 0. The van der Waals surface area contributed by atoms with Crippen molar-refractivity contribution in [3.63, 3.8) is 0 Å². The summed E-state index contributed by atoms with van der Waals surface area (Å²) in [4.78, 5) is 51.7. The maximum absolute atomic E-state index is 14.7. The molecule has 146 valence electrons. The van der Waals surface area contributed by atoms with Gasteiger partial charge >= 0.3 is 0 Å². The minimum absolute atomic E-state index is 0.0470. The number of carbonyl (C=O) groups excluding carboxylic acids is 4. The average molecular weight is 390 g/mol. The van der Waals surface area contributed by atoms with Crippen molar-refractivity contribution in [2.75, 3.05) is 18.0 Å². The Morgan fingerprint density at radius 2 is 1.61 bits per heavy atom. The number of carbonyl (C=O) groups is 4. The zero-order valence-electron chi connectivity index (χ0n) is 14.6. The van der Waals surface area contributed by atoms with E-state index in [2.05, 4.69) is 10.6 Å². The van der Waals surface area contributed by atoms with Crippen molar-refractivity contribution in [1.82, 2.24) is 15.5 Å². The molecular formula is C18H16F2N4O4. The molecule has 5 heterocycles. The lowest BCUT2D eigenvalue weighted by Gasteiger charge is -2.49. The van der Waals surface area contributed by atoms with Gasteiger partial charge in [0.05, 0.1) is 16.8 Å². The maximum Gasteiger partial charge on any atom is 0.265 e. The Kier molecular flexibility index (Phi) is 3.57. The van der Waals surface area contributed by atoms with E-state index in [4.69, 9.17) is 0 Å². The van der Waals surface area contributed by atoms with Crippen LogP contribution in [0.1, 0.15) is 40.0 Å². The van der Waals surface area contributed by atoms with Gasteiger partial charge in [-0.05, 0) is 12.8 Å². The number of hydrogen-bond acceptors (Lipinski definition) is 6. The highest BCUT2D eigenvalue weighted by Gasteiger charge is 2.49. The number of nitrogens with zero attached hydrogens (tertiary/aromatic N) is 2. The maximum atomic E-state index is 14.7. The number of imide groups is 2. The molecule has 4 fully saturated rings. The van der Waals surface area contributed by atoms with Crippen LogP contribution in [0.15, 0.2) is 6.07 Å². The number of fused-ring (bicyclic) bond motifs is 3. The van der Waals surface area contributed by atoms with Crippen molar-refractivity contribution < 1.29 is 28.0 Å². The van der Waals surface area contributed by atoms with E-state index in [-0.39, 0.29) is 36.2 Å². The van der Waals surface area contributed by atoms with Crippen molar-refractivity contribution in [3.05, 3.63) is 28.8 Å². The molecule has 10 heteroatoms. The zero-order valence-corrected chi connectivity index (χ0v) is 14.6. The fourth-order valence-electron chi connectivity index (χ4n) is 4.58. The molecule has 5 aliphatic rings. The summed E-state index contributed by atoms with van der Waals surface area (Å²) in [5, 5.41) is 5.36. The van der Waals surface area contributed by atoms with Gasteiger partial charge in [-0.25, -0.2) is 8.78 Å². The van der Waals surface area contributed by atoms with Crippen LogP contribution in [0, 0.1) is 11.6 Å². The van der Waals surface area contributed by atoms with Crippen LogP contribution in [0.2, 0.25) is 0 Å². The van der Waals surface area contributed by atoms with Gasteiger partial charge in [-0.1, -0.05) is 0 Å². The van der Waals surface area contributed by atoms with E-state index in [1.165, 1.54) is 0 Å². The van der Waals surface area contributed by atoms with Gasteiger partial charge in [0.2, 0.25) is 11.8 Å². The Bertz CT molecular complexity index is 949. The number of nitrogens with one attached hydrogen (secondary N) is 2. The zero-order chi connectivity index (χ0) is 19.7. The summed E-state index contributed by atoms with van der Waals surface area (Å²) in [5.41, 5.74) is -0.951. The Hall–Kier alpha value is -2.88. The first-order valence-electron chi connectivity index (χ1n) is 9.09. The largest absolute Gasteiger partial charge is 0.365 e. The molecule has 5 aliphatic heterocycles. The molecule has 3 unspecified atom stereocenters. The minimum Gasteiger partial charge on any atom is -0.365 e. The molecule has 0 aromatic heterocycles. The Balaban J connectivity index is 1.58. The number of piperidine rings is 2. The van der Waals surface area contributed by atoms with Crippen molar-refractivity contribution >= 4 is 29.3 Å². The predicted octanol–water partition coefficient (Wildman–Crippen LogP) is -0.0835. The molecule has 0 saturated carbocycles. The number of anilines is 1. The van der Waals surface area contributed by atoms with Gasteiger partial charge < -0.3 is 10.2 Å². The lowest BCUT2D eigenvalue weighted by Crippen LogP contribution is -2.67. The van der Waals surface area contributed by atoms with E-state index in [1.54, 1.807) is 4.90 Å². The summed E-state index contributed by atoms with van der Waals surface area (Å²) in [6, 6.07) is -0.313. The van der Waals surface area contributed by atoms with Crippen LogP contribution >= 0.6 is 0 Å². The number of amides is 4. The van der Waals surface area contributed by atoms with E-state index in [0.29, 0.717) is 24.1 Å². The van der Waals surface area contributed by atoms with Crippen molar-refractivity contribution in [2.45, 2.75) is 37.4 Å². The summed E-state index contributed by atoms with van der Waals surface area (Å²) < 4.78 is 29.2. The lowest BCUT2D eigenvalue weighted by molar-refractivity contribution is -0.136. The second-order valence-corrected chi connectivity index (χ2v) is 7.59. The number of hydrogen-bond donors (Lipinski definition) is 2. The monoisotopic (exact) mass is 390 g/mol. The molecule has 3 atom stereocenters. The van der Waals surface area contributed by atoms with E-state index >= 15 is 0 Å². The molecule has 2 N–H and O–H groups in total. The molecule has 0 radical (unpaired) electrons. The Morgan fingerprint density at radius 1 is 0.964 bits per heavy atom. The molecule has 1 aromatic carbocycles. The minimum atomic E-state index is -1.23. The van der Waals surface area contributed by atoms with Crippen molar-refractivity contribution in [1.29, 1.82) is 0 Å². The number of rotatable bonds is 2. The summed E-state index contributed by atoms with van der Waals surface area (Å²) in [6.07, 6.45) is 0.846. The van der Waals surface area contributed by atoms with Crippen LogP contribution in [-0.2, 0) is 9.59 Å². The number of halogens is 2. The first-order chi connectivity index (χ1) is 13.3. The number of piperazine rings is 1. The normalized spacial score (nSPS) is 29.0. The van der Waals surface area contributed by atoms with Gasteiger partial charge in [-0.15, -0.1) is 0 Å². The van der Waals surface area contributed by atoms with Crippen LogP contribution < -0.4 is 15.5 Å². The highest BCUT2D eigenvalue weighted by Crippen LogP contribution is 2.39. The Labute approximate surface area is 157 Å². The quantitative estimate of drug-likeness (QED) is 0.686. The van der Waals surface area contributed by atoms with Gasteiger partial charge in [0.25, 0.3) is 11.8 Å². The molecule has 4 saturated heterocycles. The van der Waals surface area contributed by atoms with Crippen LogP contribution in [0.25, 0.3) is 0 Å². The second kappa shape index (κ2) is 5.81. The highest BCUT2D eigenvalue weighted by atomic mass is 19.1. The fraction of sp³-hybridized carbons (Fsp3) is 0.444. The summed E-state index contributed by atoms with van der Waals surface area (Å²) >= 11 is 0. The molecular weight excluding hydrogens is 374 g/mol. The van der Waals surface area contributed by atoms with Gasteiger partial charge in [0, 0.05) is 37.7 Å². The van der Waals surface area contributed by atoms with E-state index < -0.39 is 46.9 Å². The topological polar surface area (TPSA) is 98.8 Å². The first-order valence-corrected chi connectivity index (χ1v) is 9.09. The molecule has 6 rings (SSSR count). The van der Waals surface area contributed by atoms with Crippen LogP contribution in [0.5, 0.6) is 0 Å². The Morgan fingerprint density at radius 3 is 2.25 bits per heavy atom. The molecule has 2 bridgehead atoms. The molecule has 28 heavy (non-hydrogen) atoms. The summed E-state index contributed by atoms with van der Waals surface area (Å²) in [5.74, 6) is -5.23. The number of benzene rings is 1. The molecule has 0 spiro atoms. The average Bonchev–Trinajstić information content (AvgIpc) is 2.86. The first kappa shape index (κ1) is 17.2. The predicted molar refractivity (Wildman–Crippen MR) is 90.6 cm³/mol. The van der Waals surface area contributed by atoms with E-state index in [1.807, 2.05) is 0 Å². The summed E-state index contributed by atoms with van der Waals surface area (Å²) in [6.45, 7) is 0.872. The third kappa shape index (κ3) is 2.30. The third-order valence-electron chi connectivity index (χ3n) is 5.83. The standard InChI is InChI=1S/C18H16F2N4O4/c19-9-4-10(20)15(23-5-7-3-8(6-23)21-7)14-13(9)17(27)24(18(14)28)11-1-2-12(25)22-16(11)26/h4,7-8,11,21H,1-3,5-6H2,(H,22,25,26). The third-order valence-corrected chi connectivity index (χ3v) is 5.83.